The molecule has 0 atom stereocenters. The zero-order valence-corrected chi connectivity index (χ0v) is 11.7. The summed E-state index contributed by atoms with van der Waals surface area (Å²) >= 11 is 6.84. The van der Waals surface area contributed by atoms with Gasteiger partial charge in [0.1, 0.15) is 0 Å². The number of nitrogens with zero attached hydrogens (tertiary/aromatic N) is 1. The molecule has 2 rings (SSSR count). The van der Waals surface area contributed by atoms with Gasteiger partial charge in [-0.2, -0.15) is 0 Å². The summed E-state index contributed by atoms with van der Waals surface area (Å²) < 4.78 is 2.03. The van der Waals surface area contributed by atoms with Crippen molar-refractivity contribution in [2.75, 3.05) is 0 Å². The lowest BCUT2D eigenvalue weighted by molar-refractivity contribution is 0.725. The molecule has 0 spiro atoms. The summed E-state index contributed by atoms with van der Waals surface area (Å²) in [4.78, 5) is 17.6. The smallest absolute Gasteiger partial charge is 0.263 e. The van der Waals surface area contributed by atoms with Gasteiger partial charge in [-0.05, 0) is 33.0 Å². The normalized spacial score (nSPS) is 11.0. The molecule has 2 aromatic rings. The maximum Gasteiger partial charge on any atom is 0.263 e. The fourth-order valence-corrected chi connectivity index (χ4v) is 3.16. The number of thiophene rings is 1. The third-order valence-electron chi connectivity index (χ3n) is 2.62. The molecule has 0 radical (unpaired) electrons. The molecule has 0 unspecified atom stereocenters. The molecule has 0 aliphatic rings. The molecule has 0 saturated carbocycles. The average Bonchev–Trinajstić information content (AvgIpc) is 2.48. The molecule has 2 aromatic heterocycles. The molecule has 0 bridgehead atoms. The number of allylic oxidation sites excluding steroid dienone is 1. The summed E-state index contributed by atoms with van der Waals surface area (Å²) in [5.41, 5.74) is 1.77. The Kier molecular flexibility index (Phi) is 3.05. The number of hydrogen-bond donors (Lipinski definition) is 1. The Bertz CT molecular complexity index is 718. The third kappa shape index (κ3) is 2.00. The number of H-pyrrole nitrogens is 1. The molecule has 0 aromatic carbocycles. The molecular formula is C12H14N2OS2. The summed E-state index contributed by atoms with van der Waals surface area (Å²) in [6.07, 6.45) is 0. The minimum atomic E-state index is -0.0198. The van der Waals surface area contributed by atoms with Crippen LogP contribution in [0.1, 0.15) is 16.7 Å². The first-order valence-electron chi connectivity index (χ1n) is 5.29. The van der Waals surface area contributed by atoms with Crippen LogP contribution < -0.4 is 5.56 Å². The Hall–Kier alpha value is -1.20. The standard InChI is InChI=1S/C12H14N2OS2/c1-6(2)5-14-11(15)9-7(3)17-8(4)10(9)13-12(14)16/h1,5H2,2-4H3,(H,13,16). The van der Waals surface area contributed by atoms with E-state index >= 15 is 0 Å². The van der Waals surface area contributed by atoms with Crippen molar-refractivity contribution in [3.63, 3.8) is 0 Å². The zero-order valence-electron chi connectivity index (χ0n) is 10.1. The molecule has 1 N–H and O–H groups in total. The molecule has 0 amide bonds. The van der Waals surface area contributed by atoms with Crippen LogP contribution in [0.5, 0.6) is 0 Å². The average molecular weight is 266 g/mol. The van der Waals surface area contributed by atoms with Crippen LogP contribution in [0.25, 0.3) is 10.9 Å². The Morgan fingerprint density at radius 2 is 2.12 bits per heavy atom. The van der Waals surface area contributed by atoms with E-state index in [9.17, 15) is 4.79 Å². The van der Waals surface area contributed by atoms with Gasteiger partial charge < -0.3 is 4.98 Å². The molecule has 0 fully saturated rings. The highest BCUT2D eigenvalue weighted by Gasteiger charge is 2.12. The highest BCUT2D eigenvalue weighted by atomic mass is 32.1. The number of aromatic amines is 1. The van der Waals surface area contributed by atoms with Crippen molar-refractivity contribution in [2.24, 2.45) is 0 Å². The number of nitrogens with one attached hydrogen (secondary N) is 1. The second-order valence-corrected chi connectivity index (χ2v) is 6.06. The summed E-state index contributed by atoms with van der Waals surface area (Å²) in [6, 6.07) is 0. The zero-order chi connectivity index (χ0) is 12.7. The fraction of sp³-hybridized carbons (Fsp3) is 0.333. The molecule has 90 valence electrons. The first kappa shape index (κ1) is 12.3. The Morgan fingerprint density at radius 3 is 2.71 bits per heavy atom. The summed E-state index contributed by atoms with van der Waals surface area (Å²) in [6.45, 7) is 10.1. The van der Waals surface area contributed by atoms with E-state index in [1.54, 1.807) is 15.9 Å². The van der Waals surface area contributed by atoms with Gasteiger partial charge in [-0.3, -0.25) is 9.36 Å². The largest absolute Gasteiger partial charge is 0.331 e. The topological polar surface area (TPSA) is 37.8 Å². The Labute approximate surface area is 108 Å². The van der Waals surface area contributed by atoms with E-state index in [1.165, 1.54) is 0 Å². The second-order valence-electron chi connectivity index (χ2n) is 4.24. The summed E-state index contributed by atoms with van der Waals surface area (Å²) in [5.74, 6) is 0. The van der Waals surface area contributed by atoms with Crippen molar-refractivity contribution in [2.45, 2.75) is 27.3 Å². The molecule has 3 nitrogen and oxygen atoms in total. The molecule has 2 heterocycles. The van der Waals surface area contributed by atoms with Gasteiger partial charge in [0.25, 0.3) is 5.56 Å². The number of fused-ring (bicyclic) bond motifs is 1. The predicted molar refractivity (Wildman–Crippen MR) is 75.6 cm³/mol. The predicted octanol–water partition coefficient (Wildman–Crippen LogP) is 3.31. The Morgan fingerprint density at radius 1 is 1.47 bits per heavy atom. The third-order valence-corrected chi connectivity index (χ3v) is 3.97. The number of rotatable bonds is 2. The first-order valence-corrected chi connectivity index (χ1v) is 6.51. The number of aryl methyl sites for hydroxylation is 2. The van der Waals surface area contributed by atoms with Crippen molar-refractivity contribution in [1.82, 2.24) is 9.55 Å². The first-order chi connectivity index (χ1) is 7.91. The monoisotopic (exact) mass is 266 g/mol. The minimum absolute atomic E-state index is 0.0198. The molecule has 0 aliphatic carbocycles. The molecule has 5 heteroatoms. The number of aromatic nitrogens is 2. The van der Waals surface area contributed by atoms with Crippen LogP contribution >= 0.6 is 23.6 Å². The second kappa shape index (κ2) is 4.23. The maximum atomic E-state index is 12.4. The van der Waals surface area contributed by atoms with Crippen LogP contribution in [-0.4, -0.2) is 9.55 Å². The van der Waals surface area contributed by atoms with E-state index in [1.807, 2.05) is 20.8 Å². The van der Waals surface area contributed by atoms with Gasteiger partial charge in [0.05, 0.1) is 10.9 Å². The molecular weight excluding hydrogens is 252 g/mol. The van der Waals surface area contributed by atoms with Gasteiger partial charge in [-0.1, -0.05) is 12.2 Å². The molecule has 17 heavy (non-hydrogen) atoms. The molecule has 0 aliphatic heterocycles. The van der Waals surface area contributed by atoms with Crippen molar-refractivity contribution < 1.29 is 0 Å². The van der Waals surface area contributed by atoms with Gasteiger partial charge >= 0.3 is 0 Å². The Balaban J connectivity index is 2.89. The highest BCUT2D eigenvalue weighted by Crippen LogP contribution is 2.25. The van der Waals surface area contributed by atoms with Crippen molar-refractivity contribution in [3.8, 4) is 0 Å². The van der Waals surface area contributed by atoms with Crippen LogP contribution in [-0.2, 0) is 6.54 Å². The van der Waals surface area contributed by atoms with Crippen LogP contribution in [0.15, 0.2) is 16.9 Å². The quantitative estimate of drug-likeness (QED) is 0.669. The van der Waals surface area contributed by atoms with E-state index in [2.05, 4.69) is 11.6 Å². The SMILES string of the molecule is C=C(C)Cn1c(=S)[nH]c2c(C)sc(C)c2c1=O. The van der Waals surface area contributed by atoms with Crippen molar-refractivity contribution in [3.05, 3.63) is 37.0 Å². The van der Waals surface area contributed by atoms with E-state index in [-0.39, 0.29) is 5.56 Å². The van der Waals surface area contributed by atoms with Gasteiger partial charge in [0.15, 0.2) is 4.77 Å². The van der Waals surface area contributed by atoms with E-state index < -0.39 is 0 Å². The lowest BCUT2D eigenvalue weighted by atomic mass is 10.2. The van der Waals surface area contributed by atoms with Gasteiger partial charge in [-0.25, -0.2) is 0 Å². The summed E-state index contributed by atoms with van der Waals surface area (Å²) in [5, 5.41) is 0.752. The van der Waals surface area contributed by atoms with Crippen molar-refractivity contribution in [1.29, 1.82) is 0 Å². The van der Waals surface area contributed by atoms with Crippen LogP contribution in [0.4, 0.5) is 0 Å². The fourth-order valence-electron chi connectivity index (χ4n) is 1.91. The van der Waals surface area contributed by atoms with Gasteiger partial charge in [0.2, 0.25) is 0 Å². The summed E-state index contributed by atoms with van der Waals surface area (Å²) in [7, 11) is 0. The van der Waals surface area contributed by atoms with E-state index in [0.717, 1.165) is 26.2 Å². The van der Waals surface area contributed by atoms with Crippen molar-refractivity contribution >= 4 is 34.5 Å². The highest BCUT2D eigenvalue weighted by molar-refractivity contribution is 7.71. The van der Waals surface area contributed by atoms with Crippen LogP contribution in [0.2, 0.25) is 0 Å². The van der Waals surface area contributed by atoms with E-state index in [0.29, 0.717) is 11.3 Å². The number of hydrogen-bond acceptors (Lipinski definition) is 3. The molecule has 0 saturated heterocycles. The van der Waals surface area contributed by atoms with Crippen LogP contribution in [0.3, 0.4) is 0 Å². The van der Waals surface area contributed by atoms with Gasteiger partial charge in [0, 0.05) is 16.3 Å². The van der Waals surface area contributed by atoms with Crippen LogP contribution in [0, 0.1) is 18.6 Å². The minimum Gasteiger partial charge on any atom is -0.331 e. The van der Waals surface area contributed by atoms with E-state index in [4.69, 9.17) is 12.2 Å². The van der Waals surface area contributed by atoms with Gasteiger partial charge in [-0.15, -0.1) is 11.3 Å². The lowest BCUT2D eigenvalue weighted by Crippen LogP contribution is -2.22. The maximum absolute atomic E-state index is 12.4. The lowest BCUT2D eigenvalue weighted by Gasteiger charge is -2.06.